The summed E-state index contributed by atoms with van der Waals surface area (Å²) in [5, 5.41) is 4.24. The van der Waals surface area contributed by atoms with Crippen LogP contribution in [0.1, 0.15) is 36.4 Å². The van der Waals surface area contributed by atoms with E-state index in [1.54, 1.807) is 25.0 Å². The maximum atomic E-state index is 13.6. The number of rotatable bonds is 3. The lowest BCUT2D eigenvalue weighted by Gasteiger charge is -2.29. The molecule has 0 bridgehead atoms. The third kappa shape index (κ3) is 2.33. The highest BCUT2D eigenvalue weighted by Gasteiger charge is 2.32. The maximum absolute atomic E-state index is 13.6. The van der Waals surface area contributed by atoms with Crippen LogP contribution in [-0.2, 0) is 4.74 Å². The Bertz CT molecular complexity index is 658. The highest BCUT2D eigenvalue weighted by Crippen LogP contribution is 2.39. The van der Waals surface area contributed by atoms with Crippen molar-refractivity contribution in [2.24, 2.45) is 0 Å². The molecule has 1 aromatic carbocycles. The lowest BCUT2D eigenvalue weighted by atomic mass is 9.95. The Morgan fingerprint density at radius 2 is 2.14 bits per heavy atom. The number of nitrogens with zero attached hydrogens (tertiary/aromatic N) is 3. The second kappa shape index (κ2) is 5.33. The molecule has 0 saturated heterocycles. The van der Waals surface area contributed by atoms with Gasteiger partial charge in [0, 0.05) is 12.7 Å². The molecule has 2 aromatic rings. The number of hydrogen-bond acceptors (Lipinski definition) is 5. The van der Waals surface area contributed by atoms with Crippen molar-refractivity contribution in [2.75, 3.05) is 20.0 Å². The van der Waals surface area contributed by atoms with Crippen LogP contribution in [0.2, 0.25) is 0 Å². The summed E-state index contributed by atoms with van der Waals surface area (Å²) >= 11 is 0. The zero-order valence-corrected chi connectivity index (χ0v) is 11.9. The number of benzene rings is 1. The summed E-state index contributed by atoms with van der Waals surface area (Å²) in [5.74, 6) is 1.17. The zero-order valence-electron chi connectivity index (χ0n) is 11.9. The van der Waals surface area contributed by atoms with E-state index in [1.165, 1.54) is 12.1 Å². The van der Waals surface area contributed by atoms with E-state index >= 15 is 0 Å². The predicted molar refractivity (Wildman–Crippen MR) is 74.5 cm³/mol. The molecule has 0 saturated carbocycles. The molecule has 2 unspecified atom stereocenters. The fraction of sp³-hybridized carbons (Fsp3) is 0.429. The molecule has 2 N–H and O–H groups in total. The van der Waals surface area contributed by atoms with Gasteiger partial charge in [-0.2, -0.15) is 4.98 Å². The zero-order chi connectivity index (χ0) is 15.0. The summed E-state index contributed by atoms with van der Waals surface area (Å²) in [6.45, 7) is 0. The molecule has 21 heavy (non-hydrogen) atoms. The van der Waals surface area contributed by atoms with Gasteiger partial charge >= 0.3 is 0 Å². The highest BCUT2D eigenvalue weighted by atomic mass is 19.1. The van der Waals surface area contributed by atoms with Crippen LogP contribution in [0, 0.1) is 5.82 Å². The number of nitrogen functional groups attached to an aromatic ring is 1. The molecule has 112 valence electrons. The second-order valence-electron chi connectivity index (χ2n) is 4.98. The van der Waals surface area contributed by atoms with Gasteiger partial charge in [0.05, 0.1) is 13.2 Å². The van der Waals surface area contributed by atoms with Crippen molar-refractivity contribution in [1.29, 1.82) is 0 Å². The standard InChI is InChI=1S/C14H17FN4O2/c1-20-11-5-3-8(15)7-9(11)10-4-6-12(21-2)13-17-14(16)18-19(10)13/h3,5,7,10,12H,4,6H2,1-2H3,(H2,16,18). The van der Waals surface area contributed by atoms with Gasteiger partial charge in [0.25, 0.3) is 0 Å². The number of aromatic nitrogens is 3. The van der Waals surface area contributed by atoms with Crippen LogP contribution in [0.4, 0.5) is 10.3 Å². The number of ether oxygens (including phenoxy) is 2. The Balaban J connectivity index is 2.10. The van der Waals surface area contributed by atoms with Gasteiger partial charge in [0.2, 0.25) is 5.95 Å². The van der Waals surface area contributed by atoms with E-state index in [2.05, 4.69) is 10.1 Å². The van der Waals surface area contributed by atoms with E-state index in [-0.39, 0.29) is 23.9 Å². The molecule has 7 heteroatoms. The molecule has 6 nitrogen and oxygen atoms in total. The van der Waals surface area contributed by atoms with Gasteiger partial charge in [0.1, 0.15) is 17.7 Å². The number of methoxy groups -OCH3 is 2. The van der Waals surface area contributed by atoms with Crippen molar-refractivity contribution in [3.8, 4) is 5.75 Å². The van der Waals surface area contributed by atoms with Gasteiger partial charge in [0.15, 0.2) is 5.82 Å². The van der Waals surface area contributed by atoms with Crippen LogP contribution in [0.5, 0.6) is 5.75 Å². The molecule has 0 radical (unpaired) electrons. The second-order valence-corrected chi connectivity index (χ2v) is 4.98. The first-order valence-electron chi connectivity index (χ1n) is 6.72. The van der Waals surface area contributed by atoms with Crippen LogP contribution < -0.4 is 10.5 Å². The Kier molecular flexibility index (Phi) is 3.50. The van der Waals surface area contributed by atoms with Gasteiger partial charge in [-0.05, 0) is 31.0 Å². The molecule has 2 heterocycles. The smallest absolute Gasteiger partial charge is 0.239 e. The van der Waals surface area contributed by atoms with Crippen molar-refractivity contribution < 1.29 is 13.9 Å². The Morgan fingerprint density at radius 1 is 1.33 bits per heavy atom. The molecule has 1 aliphatic heterocycles. The highest BCUT2D eigenvalue weighted by molar-refractivity contribution is 5.38. The van der Waals surface area contributed by atoms with E-state index in [1.807, 2.05) is 0 Å². The third-order valence-electron chi connectivity index (χ3n) is 3.79. The van der Waals surface area contributed by atoms with Crippen LogP contribution in [0.3, 0.4) is 0 Å². The van der Waals surface area contributed by atoms with Crippen molar-refractivity contribution >= 4 is 5.95 Å². The number of anilines is 1. The molecular weight excluding hydrogens is 275 g/mol. The number of fused-ring (bicyclic) bond motifs is 1. The van der Waals surface area contributed by atoms with Crippen LogP contribution in [0.25, 0.3) is 0 Å². The summed E-state index contributed by atoms with van der Waals surface area (Å²) < 4.78 is 26.1. The Morgan fingerprint density at radius 3 is 2.86 bits per heavy atom. The van der Waals surface area contributed by atoms with Crippen molar-refractivity contribution in [3.05, 3.63) is 35.4 Å². The van der Waals surface area contributed by atoms with Crippen LogP contribution >= 0.6 is 0 Å². The SMILES string of the molecule is COc1ccc(F)cc1C1CCC(OC)c2nc(N)nn21. The van der Waals surface area contributed by atoms with E-state index in [0.29, 0.717) is 11.6 Å². The Labute approximate surface area is 121 Å². The lowest BCUT2D eigenvalue weighted by molar-refractivity contribution is 0.0646. The Hall–Kier alpha value is -2.15. The summed E-state index contributed by atoms with van der Waals surface area (Å²) in [4.78, 5) is 4.23. The molecule has 0 aliphatic carbocycles. The van der Waals surface area contributed by atoms with Crippen molar-refractivity contribution in [1.82, 2.24) is 14.8 Å². The molecule has 0 amide bonds. The average Bonchev–Trinajstić information content (AvgIpc) is 2.87. The van der Waals surface area contributed by atoms with Gasteiger partial charge in [-0.3, -0.25) is 0 Å². The van der Waals surface area contributed by atoms with E-state index in [9.17, 15) is 4.39 Å². The summed E-state index contributed by atoms with van der Waals surface area (Å²) in [7, 11) is 3.19. The van der Waals surface area contributed by atoms with Gasteiger partial charge in [-0.1, -0.05) is 0 Å². The lowest BCUT2D eigenvalue weighted by Crippen LogP contribution is -2.25. The average molecular weight is 292 g/mol. The number of halogens is 1. The number of nitrogens with two attached hydrogens (primary N) is 1. The first-order chi connectivity index (χ1) is 10.1. The van der Waals surface area contributed by atoms with E-state index in [4.69, 9.17) is 15.2 Å². The first kappa shape index (κ1) is 13.8. The maximum Gasteiger partial charge on any atom is 0.239 e. The minimum atomic E-state index is -0.311. The summed E-state index contributed by atoms with van der Waals surface area (Å²) in [6.07, 6.45) is 1.36. The minimum absolute atomic E-state index is 0.148. The largest absolute Gasteiger partial charge is 0.496 e. The van der Waals surface area contributed by atoms with Crippen LogP contribution in [-0.4, -0.2) is 29.0 Å². The first-order valence-corrected chi connectivity index (χ1v) is 6.72. The van der Waals surface area contributed by atoms with Gasteiger partial charge < -0.3 is 15.2 Å². The molecule has 0 spiro atoms. The topological polar surface area (TPSA) is 75.2 Å². The van der Waals surface area contributed by atoms with Crippen LogP contribution in [0.15, 0.2) is 18.2 Å². The van der Waals surface area contributed by atoms with E-state index in [0.717, 1.165) is 18.4 Å². The summed E-state index contributed by atoms with van der Waals surface area (Å²) in [6, 6.07) is 4.30. The fourth-order valence-corrected chi connectivity index (χ4v) is 2.84. The predicted octanol–water partition coefficient (Wildman–Crippen LogP) is 2.08. The molecule has 3 rings (SSSR count). The molecule has 2 atom stereocenters. The summed E-state index contributed by atoms with van der Waals surface area (Å²) in [5.41, 5.74) is 6.45. The normalized spacial score (nSPS) is 21.1. The molecule has 1 aliphatic rings. The van der Waals surface area contributed by atoms with Gasteiger partial charge in [-0.15, -0.1) is 5.10 Å². The molecule has 1 aromatic heterocycles. The van der Waals surface area contributed by atoms with E-state index < -0.39 is 0 Å². The monoisotopic (exact) mass is 292 g/mol. The fourth-order valence-electron chi connectivity index (χ4n) is 2.84. The third-order valence-corrected chi connectivity index (χ3v) is 3.79. The minimum Gasteiger partial charge on any atom is -0.496 e. The quantitative estimate of drug-likeness (QED) is 0.937. The molecular formula is C14H17FN4O2. The van der Waals surface area contributed by atoms with Gasteiger partial charge in [-0.25, -0.2) is 9.07 Å². The number of hydrogen-bond donors (Lipinski definition) is 1. The molecule has 0 fully saturated rings. The van der Waals surface area contributed by atoms with Crippen molar-refractivity contribution in [2.45, 2.75) is 25.0 Å². The van der Waals surface area contributed by atoms with Crippen molar-refractivity contribution in [3.63, 3.8) is 0 Å².